The number of nitrogens with zero attached hydrogens (tertiary/aromatic N) is 2. The zero-order valence-corrected chi connectivity index (χ0v) is 29.0. The molecular weight excluding hydrogens is 657 g/mol. The van der Waals surface area contributed by atoms with E-state index in [0.717, 1.165) is 16.5 Å². The normalized spacial score (nSPS) is 17.9. The van der Waals surface area contributed by atoms with Gasteiger partial charge < -0.3 is 20.5 Å². The average molecular weight is 699 g/mol. The van der Waals surface area contributed by atoms with Gasteiger partial charge in [-0.2, -0.15) is 0 Å². The Bertz CT molecular complexity index is 1460. The number of fused-ring (bicyclic) bond motifs is 1. The van der Waals surface area contributed by atoms with E-state index in [1.54, 1.807) is 46.8 Å². The lowest BCUT2D eigenvalue weighted by Gasteiger charge is -2.35. The summed E-state index contributed by atoms with van der Waals surface area (Å²) < 4.78 is 3.27. The Morgan fingerprint density at radius 2 is 1.78 bits per heavy atom. The van der Waals surface area contributed by atoms with E-state index in [2.05, 4.69) is 21.0 Å². The number of aromatic nitrogens is 1. The average Bonchev–Trinajstić information content (AvgIpc) is 2.99. The number of esters is 1. The molecule has 1 aromatic carbocycles. The predicted molar refractivity (Wildman–Crippen MR) is 179 cm³/mol. The maximum Gasteiger partial charge on any atom is 0.325 e. The molecule has 4 atom stereocenters. The monoisotopic (exact) mass is 697 g/mol. The minimum Gasteiger partial charge on any atom is -0.460 e. The number of aliphatic hydroxyl groups excluding tert-OH is 1. The summed E-state index contributed by atoms with van der Waals surface area (Å²) in [7, 11) is 0. The highest BCUT2D eigenvalue weighted by Gasteiger charge is 2.35. The van der Waals surface area contributed by atoms with Crippen LogP contribution in [0.1, 0.15) is 71.7 Å². The molecule has 4 N–H and O–H groups in total. The molecule has 0 aliphatic carbocycles. The Hall–Kier alpha value is -2.96. The molecule has 1 fully saturated rings. The van der Waals surface area contributed by atoms with E-state index in [-0.39, 0.29) is 11.8 Å². The van der Waals surface area contributed by atoms with E-state index < -0.39 is 57.8 Å². The summed E-state index contributed by atoms with van der Waals surface area (Å²) in [5.74, 6) is -2.31. The molecule has 1 aromatic heterocycles. The van der Waals surface area contributed by atoms with Crippen LogP contribution in [0.15, 0.2) is 36.4 Å². The SMILES string of the molecule is CC(C)[C@H](NC(=O)C(C)(C)/C=C/c1ccc2ccc([C@@H](C)O)nc2c1)C(=O)N[C@@H](C)C(=O)N1CCC[C@@H](C(=O)OCC(Cl)(Cl)Cl)N1. The predicted octanol–water partition coefficient (Wildman–Crippen LogP) is 4.38. The van der Waals surface area contributed by atoms with Crippen molar-refractivity contribution in [1.29, 1.82) is 0 Å². The van der Waals surface area contributed by atoms with Crippen LogP contribution in [0.5, 0.6) is 0 Å². The molecule has 3 amide bonds. The van der Waals surface area contributed by atoms with Gasteiger partial charge in [0.2, 0.25) is 15.6 Å². The van der Waals surface area contributed by atoms with Crippen LogP contribution in [-0.4, -0.2) is 73.9 Å². The van der Waals surface area contributed by atoms with Gasteiger partial charge in [0.15, 0.2) is 0 Å². The van der Waals surface area contributed by atoms with E-state index in [9.17, 15) is 24.3 Å². The van der Waals surface area contributed by atoms with Gasteiger partial charge in [-0.15, -0.1) is 0 Å². The third-order valence-electron chi connectivity index (χ3n) is 7.52. The summed E-state index contributed by atoms with van der Waals surface area (Å²) >= 11 is 17.0. The van der Waals surface area contributed by atoms with Crippen LogP contribution in [0.2, 0.25) is 0 Å². The van der Waals surface area contributed by atoms with Crippen LogP contribution in [0.25, 0.3) is 17.0 Å². The first-order valence-corrected chi connectivity index (χ1v) is 16.2. The van der Waals surface area contributed by atoms with Gasteiger partial charge in [-0.3, -0.25) is 29.2 Å². The Balaban J connectivity index is 1.62. The summed E-state index contributed by atoms with van der Waals surface area (Å²) in [5, 5.41) is 17.6. The Morgan fingerprint density at radius 3 is 2.41 bits per heavy atom. The second-order valence-electron chi connectivity index (χ2n) is 12.4. The fourth-order valence-corrected chi connectivity index (χ4v) is 4.86. The number of carbonyl (C=O) groups is 4. The van der Waals surface area contributed by atoms with E-state index in [0.29, 0.717) is 25.1 Å². The maximum absolute atomic E-state index is 13.4. The number of aliphatic hydroxyl groups is 1. The van der Waals surface area contributed by atoms with Gasteiger partial charge in [0.05, 0.1) is 22.7 Å². The third-order valence-corrected chi connectivity index (χ3v) is 7.85. The number of alkyl halides is 3. The van der Waals surface area contributed by atoms with Crippen LogP contribution >= 0.6 is 34.8 Å². The van der Waals surface area contributed by atoms with Crippen LogP contribution in [0.4, 0.5) is 0 Å². The molecule has 0 spiro atoms. The van der Waals surface area contributed by atoms with Crippen molar-refractivity contribution >= 4 is 75.5 Å². The van der Waals surface area contributed by atoms with Crippen molar-refractivity contribution in [2.24, 2.45) is 11.3 Å². The number of pyridine rings is 1. The molecule has 1 aliphatic rings. The van der Waals surface area contributed by atoms with Gasteiger partial charge in [0.1, 0.15) is 24.7 Å². The third kappa shape index (κ3) is 10.5. The zero-order valence-electron chi connectivity index (χ0n) is 26.8. The van der Waals surface area contributed by atoms with E-state index in [1.807, 2.05) is 30.3 Å². The first kappa shape index (κ1) is 37.5. The van der Waals surface area contributed by atoms with Gasteiger partial charge in [0.25, 0.3) is 5.91 Å². The van der Waals surface area contributed by atoms with Crippen LogP contribution in [0.3, 0.4) is 0 Å². The highest BCUT2D eigenvalue weighted by molar-refractivity contribution is 6.67. The summed E-state index contributed by atoms with van der Waals surface area (Å²) in [6.07, 6.45) is 3.80. The number of halogens is 3. The fraction of sp³-hybridized carbons (Fsp3) is 0.531. The Kier molecular flexibility index (Phi) is 12.8. The molecule has 14 heteroatoms. The van der Waals surface area contributed by atoms with E-state index in [4.69, 9.17) is 39.5 Å². The lowest BCUT2D eigenvalue weighted by atomic mass is 9.89. The van der Waals surface area contributed by atoms with Gasteiger partial charge in [-0.1, -0.05) is 79.0 Å². The van der Waals surface area contributed by atoms with Gasteiger partial charge in [-0.25, -0.2) is 5.43 Å². The first-order valence-electron chi connectivity index (χ1n) is 15.1. The second-order valence-corrected chi connectivity index (χ2v) is 14.9. The summed E-state index contributed by atoms with van der Waals surface area (Å²) in [6, 6.07) is 6.68. The number of nitrogens with one attached hydrogen (secondary N) is 3. The number of rotatable bonds is 11. The molecule has 1 aliphatic heterocycles. The summed E-state index contributed by atoms with van der Waals surface area (Å²) in [5.41, 5.74) is 3.95. The smallest absolute Gasteiger partial charge is 0.325 e. The number of benzene rings is 1. The topological polar surface area (TPSA) is 150 Å². The number of hydrogen-bond acceptors (Lipinski definition) is 8. The minimum absolute atomic E-state index is 0.286. The van der Waals surface area contributed by atoms with Crippen LogP contribution in [0, 0.1) is 11.3 Å². The molecule has 2 aromatic rings. The molecule has 1 saturated heterocycles. The number of amides is 3. The van der Waals surface area contributed by atoms with Crippen molar-refractivity contribution in [3.05, 3.63) is 47.7 Å². The molecule has 11 nitrogen and oxygen atoms in total. The zero-order chi connectivity index (χ0) is 34.4. The van der Waals surface area contributed by atoms with E-state index in [1.165, 1.54) is 11.9 Å². The van der Waals surface area contributed by atoms with Gasteiger partial charge in [-0.05, 0) is 64.2 Å². The van der Waals surface area contributed by atoms with Crippen LogP contribution in [-0.2, 0) is 23.9 Å². The molecule has 0 unspecified atom stereocenters. The number of hydrazine groups is 1. The van der Waals surface area contributed by atoms with Crippen molar-refractivity contribution in [1.82, 2.24) is 26.1 Å². The molecule has 252 valence electrons. The Labute approximate surface area is 284 Å². The molecule has 46 heavy (non-hydrogen) atoms. The molecule has 3 rings (SSSR count). The quantitative estimate of drug-likeness (QED) is 0.200. The van der Waals surface area contributed by atoms with Crippen molar-refractivity contribution in [3.8, 4) is 0 Å². The molecular formula is C32H42Cl3N5O6. The molecule has 0 bridgehead atoms. The van der Waals surface area contributed by atoms with Crippen molar-refractivity contribution in [2.45, 2.75) is 82.4 Å². The highest BCUT2D eigenvalue weighted by Crippen LogP contribution is 2.26. The van der Waals surface area contributed by atoms with Crippen molar-refractivity contribution < 1.29 is 29.0 Å². The molecule has 0 saturated carbocycles. The fourth-order valence-electron chi connectivity index (χ4n) is 4.70. The maximum atomic E-state index is 13.4. The van der Waals surface area contributed by atoms with Crippen molar-refractivity contribution in [2.75, 3.05) is 13.2 Å². The van der Waals surface area contributed by atoms with Crippen molar-refractivity contribution in [3.63, 3.8) is 0 Å². The molecule has 0 radical (unpaired) electrons. The van der Waals surface area contributed by atoms with Gasteiger partial charge >= 0.3 is 5.97 Å². The van der Waals surface area contributed by atoms with E-state index >= 15 is 0 Å². The standard InChI is InChI=1S/C32H42Cl3N5O6/c1-18(2)26(27(42)36-19(3)28(43)40-15-7-8-24(39-40)29(44)46-17-32(33,34)35)38-30(45)31(5,6)14-13-21-9-10-22-11-12-23(20(4)41)37-25(22)16-21/h9-14,16,18-20,24,26,39,41H,7-8,15,17H2,1-6H3,(H,36,42)(H,38,45)/b14-13+/t19-,20+,24-,26-/m0/s1. The number of carbonyl (C=O) groups excluding carboxylic acids is 4. The Morgan fingerprint density at radius 1 is 1.11 bits per heavy atom. The lowest BCUT2D eigenvalue weighted by Crippen LogP contribution is -2.61. The first-order chi connectivity index (χ1) is 21.4. The largest absolute Gasteiger partial charge is 0.460 e. The number of ether oxygens (including phenoxy) is 1. The summed E-state index contributed by atoms with van der Waals surface area (Å²) in [4.78, 5) is 56.8. The number of hydrogen-bond donors (Lipinski definition) is 4. The second kappa shape index (κ2) is 15.8. The van der Waals surface area contributed by atoms with Gasteiger partial charge in [0, 0.05) is 11.9 Å². The summed E-state index contributed by atoms with van der Waals surface area (Å²) in [6.45, 7) is 10.1. The highest BCUT2D eigenvalue weighted by atomic mass is 35.6. The molecule has 2 heterocycles. The minimum atomic E-state index is -1.76. The van der Waals surface area contributed by atoms with Crippen LogP contribution < -0.4 is 16.1 Å². The lowest BCUT2D eigenvalue weighted by molar-refractivity contribution is -0.152.